The van der Waals surface area contributed by atoms with Crippen molar-refractivity contribution < 1.29 is 4.74 Å². The highest BCUT2D eigenvalue weighted by Crippen LogP contribution is 2.31. The molecule has 0 aromatic heterocycles. The number of hydrogen-bond donors (Lipinski definition) is 0. The van der Waals surface area contributed by atoms with E-state index in [1.165, 1.54) is 36.0 Å². The maximum absolute atomic E-state index is 5.88. The first kappa shape index (κ1) is 16.1. The minimum Gasteiger partial charge on any atom is -0.494 e. The number of ether oxygens (including phenoxy) is 1. The van der Waals surface area contributed by atoms with Gasteiger partial charge in [0.05, 0.1) is 6.61 Å². The third kappa shape index (κ3) is 4.89. The van der Waals surface area contributed by atoms with Crippen LogP contribution in [0.1, 0.15) is 70.1 Å². The molecular weight excluding hydrogens is 232 g/mol. The highest BCUT2D eigenvalue weighted by atomic mass is 16.5. The summed E-state index contributed by atoms with van der Waals surface area (Å²) >= 11 is 0. The Morgan fingerprint density at radius 2 is 1.53 bits per heavy atom. The fourth-order valence-corrected chi connectivity index (χ4v) is 2.91. The average Bonchev–Trinajstić information content (AvgIpc) is 2.25. The van der Waals surface area contributed by atoms with Crippen LogP contribution >= 0.6 is 0 Å². The van der Waals surface area contributed by atoms with Gasteiger partial charge in [0, 0.05) is 0 Å². The van der Waals surface area contributed by atoms with E-state index >= 15 is 0 Å². The molecule has 0 aliphatic heterocycles. The molecule has 0 unspecified atom stereocenters. The summed E-state index contributed by atoms with van der Waals surface area (Å²) in [5.41, 5.74) is 4.34. The van der Waals surface area contributed by atoms with Gasteiger partial charge < -0.3 is 4.74 Å². The number of aryl methyl sites for hydroxylation is 2. The lowest BCUT2D eigenvalue weighted by Crippen LogP contribution is -2.15. The number of unbranched alkanes of at least 4 members (excludes halogenated alkanes) is 3. The van der Waals surface area contributed by atoms with E-state index in [1.807, 2.05) is 0 Å². The molecule has 1 aromatic rings. The third-order valence-electron chi connectivity index (χ3n) is 3.52. The van der Waals surface area contributed by atoms with Gasteiger partial charge >= 0.3 is 0 Å². The van der Waals surface area contributed by atoms with Crippen LogP contribution in [0.25, 0.3) is 0 Å². The Bertz CT molecular complexity index is 376. The molecule has 0 radical (unpaired) electrons. The molecule has 0 N–H and O–H groups in total. The van der Waals surface area contributed by atoms with Gasteiger partial charge in [0.25, 0.3) is 0 Å². The number of rotatable bonds is 6. The molecule has 0 amide bonds. The topological polar surface area (TPSA) is 9.23 Å². The lowest BCUT2D eigenvalue weighted by molar-refractivity contribution is 0.304. The second kappa shape index (κ2) is 6.98. The minimum atomic E-state index is 0.202. The first-order valence-corrected chi connectivity index (χ1v) is 7.60. The summed E-state index contributed by atoms with van der Waals surface area (Å²) in [5, 5.41) is 0. The zero-order chi connectivity index (χ0) is 14.5. The molecule has 0 spiro atoms. The summed E-state index contributed by atoms with van der Waals surface area (Å²) in [6.07, 6.45) is 5.02. The predicted octanol–water partition coefficient (Wildman–Crippen LogP) is 5.56. The van der Waals surface area contributed by atoms with Gasteiger partial charge in [-0.15, -0.1) is 0 Å². The standard InChI is InChI=1S/C18H30O/c1-7-8-9-10-11-19-16-12-14(2)17(15(3)13-16)18(4,5)6/h12-13H,7-11H2,1-6H3. The molecule has 0 aliphatic carbocycles. The minimum absolute atomic E-state index is 0.202. The Balaban J connectivity index is 2.68. The van der Waals surface area contributed by atoms with E-state index in [0.29, 0.717) is 0 Å². The number of benzene rings is 1. The van der Waals surface area contributed by atoms with Crippen molar-refractivity contribution in [3.05, 3.63) is 28.8 Å². The Hall–Kier alpha value is -0.980. The van der Waals surface area contributed by atoms with Gasteiger partial charge in [-0.3, -0.25) is 0 Å². The van der Waals surface area contributed by atoms with E-state index in [1.54, 1.807) is 0 Å². The van der Waals surface area contributed by atoms with Crippen molar-refractivity contribution in [1.82, 2.24) is 0 Å². The summed E-state index contributed by atoms with van der Waals surface area (Å²) in [7, 11) is 0. The second-order valence-electron chi connectivity index (χ2n) is 6.59. The highest BCUT2D eigenvalue weighted by molar-refractivity contribution is 5.44. The van der Waals surface area contributed by atoms with Crippen molar-refractivity contribution in [2.24, 2.45) is 0 Å². The van der Waals surface area contributed by atoms with Crippen LogP contribution in [-0.4, -0.2) is 6.61 Å². The summed E-state index contributed by atoms with van der Waals surface area (Å²) < 4.78 is 5.88. The summed E-state index contributed by atoms with van der Waals surface area (Å²) in [6.45, 7) is 14.3. The molecule has 0 aliphatic rings. The largest absolute Gasteiger partial charge is 0.494 e. The van der Waals surface area contributed by atoms with Gasteiger partial charge in [0.1, 0.15) is 5.75 Å². The van der Waals surface area contributed by atoms with Gasteiger partial charge in [-0.25, -0.2) is 0 Å². The van der Waals surface area contributed by atoms with Gasteiger partial charge in [-0.1, -0.05) is 47.0 Å². The lowest BCUT2D eigenvalue weighted by atomic mass is 9.81. The molecule has 1 aromatic carbocycles. The lowest BCUT2D eigenvalue weighted by Gasteiger charge is -2.25. The van der Waals surface area contributed by atoms with Gasteiger partial charge in [-0.05, 0) is 54.5 Å². The first-order valence-electron chi connectivity index (χ1n) is 7.60. The monoisotopic (exact) mass is 262 g/mol. The third-order valence-corrected chi connectivity index (χ3v) is 3.52. The van der Waals surface area contributed by atoms with E-state index in [0.717, 1.165) is 18.8 Å². The highest BCUT2D eigenvalue weighted by Gasteiger charge is 2.19. The Morgan fingerprint density at radius 1 is 0.947 bits per heavy atom. The fraction of sp³-hybridized carbons (Fsp3) is 0.667. The van der Waals surface area contributed by atoms with Crippen molar-refractivity contribution in [2.45, 2.75) is 72.6 Å². The normalized spacial score (nSPS) is 11.7. The predicted molar refractivity (Wildman–Crippen MR) is 84.3 cm³/mol. The zero-order valence-corrected chi connectivity index (χ0v) is 13.6. The van der Waals surface area contributed by atoms with Crippen molar-refractivity contribution in [3.8, 4) is 5.75 Å². The van der Waals surface area contributed by atoms with Crippen molar-refractivity contribution >= 4 is 0 Å². The van der Waals surface area contributed by atoms with Crippen LogP contribution in [0.2, 0.25) is 0 Å². The van der Waals surface area contributed by atoms with Crippen LogP contribution in [0.5, 0.6) is 5.75 Å². The summed E-state index contributed by atoms with van der Waals surface area (Å²) in [5.74, 6) is 1.03. The maximum Gasteiger partial charge on any atom is 0.119 e. The van der Waals surface area contributed by atoms with Crippen molar-refractivity contribution in [2.75, 3.05) is 6.61 Å². The van der Waals surface area contributed by atoms with Crippen LogP contribution in [0.15, 0.2) is 12.1 Å². The second-order valence-corrected chi connectivity index (χ2v) is 6.59. The van der Waals surface area contributed by atoms with Gasteiger partial charge in [-0.2, -0.15) is 0 Å². The quantitative estimate of drug-likeness (QED) is 0.610. The summed E-state index contributed by atoms with van der Waals surface area (Å²) in [6, 6.07) is 4.38. The first-order chi connectivity index (χ1) is 8.86. The molecule has 19 heavy (non-hydrogen) atoms. The molecule has 108 valence electrons. The molecule has 0 heterocycles. The van der Waals surface area contributed by atoms with E-state index in [9.17, 15) is 0 Å². The molecule has 1 nitrogen and oxygen atoms in total. The molecule has 0 atom stereocenters. The fourth-order valence-electron chi connectivity index (χ4n) is 2.91. The molecule has 0 saturated heterocycles. The summed E-state index contributed by atoms with van der Waals surface area (Å²) in [4.78, 5) is 0. The molecular formula is C18H30O. The molecule has 0 fully saturated rings. The van der Waals surface area contributed by atoms with Crippen LogP contribution in [-0.2, 0) is 5.41 Å². The van der Waals surface area contributed by atoms with Crippen molar-refractivity contribution in [3.63, 3.8) is 0 Å². The number of hydrogen-bond acceptors (Lipinski definition) is 1. The van der Waals surface area contributed by atoms with Gasteiger partial charge in [0.15, 0.2) is 0 Å². The van der Waals surface area contributed by atoms with Crippen LogP contribution in [0, 0.1) is 13.8 Å². The van der Waals surface area contributed by atoms with Gasteiger partial charge in [0.2, 0.25) is 0 Å². The smallest absolute Gasteiger partial charge is 0.119 e. The Kier molecular flexibility index (Phi) is 5.90. The Morgan fingerprint density at radius 3 is 2.00 bits per heavy atom. The Labute approximate surface area is 119 Å². The molecule has 0 bridgehead atoms. The molecule has 0 saturated carbocycles. The SMILES string of the molecule is CCCCCCOc1cc(C)c(C(C)(C)C)c(C)c1. The van der Waals surface area contributed by atoms with E-state index < -0.39 is 0 Å². The van der Waals surface area contributed by atoms with E-state index in [4.69, 9.17) is 4.74 Å². The van der Waals surface area contributed by atoms with Crippen molar-refractivity contribution in [1.29, 1.82) is 0 Å². The average molecular weight is 262 g/mol. The zero-order valence-electron chi connectivity index (χ0n) is 13.6. The van der Waals surface area contributed by atoms with E-state index in [2.05, 4.69) is 53.7 Å². The van der Waals surface area contributed by atoms with E-state index in [-0.39, 0.29) is 5.41 Å². The molecule has 1 rings (SSSR count). The maximum atomic E-state index is 5.88. The van der Waals surface area contributed by atoms with Crippen LogP contribution in [0.4, 0.5) is 0 Å². The molecule has 1 heteroatoms. The van der Waals surface area contributed by atoms with Crippen LogP contribution in [0.3, 0.4) is 0 Å². The van der Waals surface area contributed by atoms with Crippen LogP contribution < -0.4 is 4.74 Å².